The fraction of sp³-hybridized carbons (Fsp3) is 1.00. The Balaban J connectivity index is 2.91. The van der Waals surface area contributed by atoms with Gasteiger partial charge in [-0.1, -0.05) is 8.93 Å². The normalized spacial score (nSPS) is 14.1. The highest BCUT2D eigenvalue weighted by atomic mass is 32.0. The molecule has 0 saturated carbocycles. The van der Waals surface area contributed by atoms with E-state index in [-0.39, 0.29) is 13.2 Å². The molecule has 2 unspecified atom stereocenters. The first kappa shape index (κ1) is 11.1. The first-order chi connectivity index (χ1) is 4.63. The van der Waals surface area contributed by atoms with Crippen LogP contribution in [0.15, 0.2) is 0 Å². The van der Waals surface area contributed by atoms with E-state index in [0.717, 1.165) is 0 Å². The quantitative estimate of drug-likeness (QED) is 0.510. The molecule has 0 spiro atoms. The first-order valence-corrected chi connectivity index (χ1v) is 6.85. The molecular weight excluding hydrogens is 199 g/mol. The van der Waals surface area contributed by atoms with Gasteiger partial charge in [-0.25, -0.2) is 0 Å². The second kappa shape index (κ2) is 6.76. The molecule has 0 aliphatic heterocycles. The smallest absolute Gasteiger partial charge is 0.353 e. The van der Waals surface area contributed by atoms with Crippen molar-refractivity contribution in [3.05, 3.63) is 0 Å². The molecule has 0 heterocycles. The zero-order valence-electron chi connectivity index (χ0n) is 5.46. The fourth-order valence-electron chi connectivity index (χ4n) is 0.288. The van der Waals surface area contributed by atoms with Crippen molar-refractivity contribution in [3.63, 3.8) is 0 Å². The second-order valence-corrected chi connectivity index (χ2v) is 5.61. The van der Waals surface area contributed by atoms with Gasteiger partial charge in [0.1, 0.15) is 0 Å². The van der Waals surface area contributed by atoms with Crippen LogP contribution in [0.25, 0.3) is 0 Å². The molecule has 0 N–H and O–H groups in total. The van der Waals surface area contributed by atoms with Gasteiger partial charge in [0, 0.05) is 7.84 Å². The fourth-order valence-corrected chi connectivity index (χ4v) is 1.18. The summed E-state index contributed by atoms with van der Waals surface area (Å²) in [6.45, 7) is 2.10. The summed E-state index contributed by atoms with van der Waals surface area (Å²) in [6.07, 6.45) is 0. The van der Waals surface area contributed by atoms with E-state index < -0.39 is 16.6 Å². The Morgan fingerprint density at radius 2 is 1.80 bits per heavy atom. The van der Waals surface area contributed by atoms with Crippen molar-refractivity contribution in [2.75, 3.05) is 19.9 Å². The highest BCUT2D eigenvalue weighted by Gasteiger charge is 2.03. The molecule has 0 aliphatic rings. The summed E-state index contributed by atoms with van der Waals surface area (Å²) in [6, 6.07) is 0. The molecule has 2 nitrogen and oxygen atoms in total. The van der Waals surface area contributed by atoms with E-state index in [9.17, 15) is 8.39 Å². The molecule has 0 radical (unpaired) electrons. The van der Waals surface area contributed by atoms with Gasteiger partial charge in [0.25, 0.3) is 0 Å². The van der Waals surface area contributed by atoms with E-state index in [1.807, 2.05) is 6.66 Å². The molecule has 7 heteroatoms. The predicted octanol–water partition coefficient (Wildman–Crippen LogP) is 3.00. The average Bonchev–Trinajstić information content (AvgIpc) is 1.79. The van der Waals surface area contributed by atoms with Gasteiger partial charge in [-0.2, -0.15) is 8.39 Å². The van der Waals surface area contributed by atoms with Crippen LogP contribution >= 0.6 is 25.5 Å². The Kier molecular flexibility index (Phi) is 7.48. The zero-order valence-corrected chi connectivity index (χ0v) is 8.40. The van der Waals surface area contributed by atoms with Crippen LogP contribution in [0.4, 0.5) is 8.39 Å². The molecule has 10 heavy (non-hydrogen) atoms. The third-order valence-corrected chi connectivity index (χ3v) is 1.98. The number of rotatable bonds is 5. The van der Waals surface area contributed by atoms with Crippen LogP contribution in [-0.2, 0) is 9.05 Å². The Labute approximate surface area is 63.7 Å². The van der Waals surface area contributed by atoms with Crippen LogP contribution in [0.5, 0.6) is 0 Å². The maximum atomic E-state index is 11.3. The molecule has 0 fully saturated rings. The molecule has 62 valence electrons. The largest absolute Gasteiger partial charge is 0.415 e. The van der Waals surface area contributed by atoms with Crippen molar-refractivity contribution in [3.8, 4) is 0 Å². The third-order valence-electron chi connectivity index (χ3n) is 0.567. The molecular formula is C3H9F2O2P3. The molecule has 2 atom stereocenters. The maximum absolute atomic E-state index is 11.3. The highest BCUT2D eigenvalue weighted by molar-refractivity contribution is 8.10. The zero-order chi connectivity index (χ0) is 7.98. The SMILES string of the molecule is CP(P)OCCOP(F)F. The lowest BCUT2D eigenvalue weighted by molar-refractivity contribution is 0.231. The van der Waals surface area contributed by atoms with Crippen molar-refractivity contribution in [2.24, 2.45) is 0 Å². The molecule has 0 saturated heterocycles. The number of hydrogen-bond donors (Lipinski definition) is 0. The monoisotopic (exact) mass is 208 g/mol. The molecule has 0 aliphatic carbocycles. The number of halogens is 2. The lowest BCUT2D eigenvalue weighted by Gasteiger charge is -2.05. The van der Waals surface area contributed by atoms with E-state index >= 15 is 0 Å². The Morgan fingerprint density at radius 3 is 2.20 bits per heavy atom. The van der Waals surface area contributed by atoms with E-state index in [4.69, 9.17) is 4.52 Å². The van der Waals surface area contributed by atoms with Crippen LogP contribution in [0.3, 0.4) is 0 Å². The molecule has 0 amide bonds. The maximum Gasteiger partial charge on any atom is 0.415 e. The second-order valence-electron chi connectivity index (χ2n) is 1.41. The van der Waals surface area contributed by atoms with E-state index in [0.29, 0.717) is 0 Å². The highest BCUT2D eigenvalue weighted by Crippen LogP contribution is 2.42. The van der Waals surface area contributed by atoms with Gasteiger partial charge in [0.2, 0.25) is 0 Å². The molecule has 0 aromatic heterocycles. The van der Waals surface area contributed by atoms with Crippen molar-refractivity contribution < 1.29 is 17.4 Å². The van der Waals surface area contributed by atoms with Gasteiger partial charge >= 0.3 is 8.77 Å². The van der Waals surface area contributed by atoms with E-state index in [2.05, 4.69) is 13.5 Å². The Bertz CT molecular complexity index is 72.1. The molecule has 0 aromatic rings. The predicted molar refractivity (Wildman–Crippen MR) is 43.6 cm³/mol. The average molecular weight is 208 g/mol. The van der Waals surface area contributed by atoms with E-state index in [1.54, 1.807) is 0 Å². The van der Waals surface area contributed by atoms with Crippen molar-refractivity contribution >= 4 is 25.5 Å². The summed E-state index contributed by atoms with van der Waals surface area (Å²) in [5.74, 6) is 0. The molecule has 0 aromatic carbocycles. The van der Waals surface area contributed by atoms with Crippen LogP contribution in [-0.4, -0.2) is 19.9 Å². The lowest BCUT2D eigenvalue weighted by Crippen LogP contribution is -1.94. The van der Waals surface area contributed by atoms with Crippen LogP contribution in [0, 0.1) is 0 Å². The summed E-state index contributed by atoms with van der Waals surface area (Å²) in [4.78, 5) is 0. The Morgan fingerprint density at radius 1 is 1.30 bits per heavy atom. The first-order valence-electron chi connectivity index (χ1n) is 2.49. The van der Waals surface area contributed by atoms with Gasteiger partial charge in [0.15, 0.2) is 0 Å². The summed E-state index contributed by atoms with van der Waals surface area (Å²) < 4.78 is 31.7. The van der Waals surface area contributed by atoms with Crippen LogP contribution < -0.4 is 0 Å². The third kappa shape index (κ3) is 9.07. The van der Waals surface area contributed by atoms with Gasteiger partial charge in [0.05, 0.1) is 13.2 Å². The lowest BCUT2D eigenvalue weighted by atomic mass is 10.8. The van der Waals surface area contributed by atoms with E-state index in [1.165, 1.54) is 0 Å². The van der Waals surface area contributed by atoms with Crippen molar-refractivity contribution in [2.45, 2.75) is 0 Å². The van der Waals surface area contributed by atoms with Gasteiger partial charge < -0.3 is 9.05 Å². The summed E-state index contributed by atoms with van der Waals surface area (Å²) >= 11 is 0. The Hall–Kier alpha value is 1.07. The van der Waals surface area contributed by atoms with Crippen molar-refractivity contribution in [1.29, 1.82) is 0 Å². The molecule has 0 bridgehead atoms. The van der Waals surface area contributed by atoms with Crippen LogP contribution in [0.1, 0.15) is 0 Å². The van der Waals surface area contributed by atoms with Crippen LogP contribution in [0.2, 0.25) is 0 Å². The minimum atomic E-state index is -3.21. The topological polar surface area (TPSA) is 18.5 Å². The summed E-state index contributed by atoms with van der Waals surface area (Å²) in [5, 5.41) is 0. The summed E-state index contributed by atoms with van der Waals surface area (Å²) in [5.41, 5.74) is 0. The number of hydrogen-bond acceptors (Lipinski definition) is 2. The van der Waals surface area contributed by atoms with Gasteiger partial charge in [-0.3, -0.25) is 0 Å². The standard InChI is InChI=1S/C3H9F2O2P3/c1-9(8)6-2-3-7-10(4)5/h2-3,8H2,1H3. The summed E-state index contributed by atoms with van der Waals surface area (Å²) in [7, 11) is -1.29. The van der Waals surface area contributed by atoms with Gasteiger partial charge in [-0.15, -0.1) is 0 Å². The molecule has 0 rings (SSSR count). The minimum Gasteiger partial charge on any atom is -0.353 e. The van der Waals surface area contributed by atoms with Gasteiger partial charge in [-0.05, 0) is 6.66 Å². The van der Waals surface area contributed by atoms with Crippen molar-refractivity contribution in [1.82, 2.24) is 0 Å². The minimum absolute atomic E-state index is 0.0141.